The molecule has 11 nitrogen and oxygen atoms in total. The maximum absolute atomic E-state index is 12.9. The molecule has 0 bridgehead atoms. The van der Waals surface area contributed by atoms with E-state index < -0.39 is 28.6 Å². The van der Waals surface area contributed by atoms with Gasteiger partial charge in [0.25, 0.3) is 17.5 Å². The molecule has 0 radical (unpaired) electrons. The lowest BCUT2D eigenvalue weighted by Gasteiger charge is -2.35. The molecule has 0 N–H and O–H groups in total. The first-order valence-corrected chi connectivity index (χ1v) is 11.8. The van der Waals surface area contributed by atoms with Crippen LogP contribution < -0.4 is 0 Å². The van der Waals surface area contributed by atoms with Gasteiger partial charge in [-0.1, -0.05) is 30.3 Å². The molecule has 38 heavy (non-hydrogen) atoms. The minimum atomic E-state index is -1.03. The number of esters is 1. The van der Waals surface area contributed by atoms with Crippen molar-refractivity contribution in [2.24, 2.45) is 0 Å². The van der Waals surface area contributed by atoms with E-state index in [1.165, 1.54) is 30.2 Å². The minimum absolute atomic E-state index is 0.00257. The highest BCUT2D eigenvalue weighted by Gasteiger charge is 2.41. The van der Waals surface area contributed by atoms with Gasteiger partial charge < -0.3 is 9.47 Å². The number of fused-ring (bicyclic) bond motifs is 1. The van der Waals surface area contributed by atoms with Gasteiger partial charge in [-0.25, -0.2) is 4.79 Å². The second-order valence-electron chi connectivity index (χ2n) is 8.67. The van der Waals surface area contributed by atoms with Crippen molar-refractivity contribution in [2.45, 2.75) is 26.2 Å². The summed E-state index contributed by atoms with van der Waals surface area (Å²) in [7, 11) is 1.18. The third kappa shape index (κ3) is 4.42. The molecular weight excluding hydrogens is 494 g/mol. The molecule has 1 unspecified atom stereocenters. The summed E-state index contributed by atoms with van der Waals surface area (Å²) in [5, 5.41) is 11.8. The summed E-state index contributed by atoms with van der Waals surface area (Å²) in [6, 6.07) is 12.5. The van der Waals surface area contributed by atoms with E-state index in [0.29, 0.717) is 23.2 Å². The minimum Gasteiger partial charge on any atom is -0.495 e. The van der Waals surface area contributed by atoms with E-state index in [9.17, 15) is 29.3 Å². The van der Waals surface area contributed by atoms with Crippen LogP contribution in [0.15, 0.2) is 71.3 Å². The molecule has 2 heterocycles. The van der Waals surface area contributed by atoms with Crippen LogP contribution in [0.4, 0.5) is 5.69 Å². The summed E-state index contributed by atoms with van der Waals surface area (Å²) < 4.78 is 11.0. The molecule has 0 aromatic heterocycles. The largest absolute Gasteiger partial charge is 0.495 e. The van der Waals surface area contributed by atoms with Gasteiger partial charge in [-0.15, -0.1) is 0 Å². The summed E-state index contributed by atoms with van der Waals surface area (Å²) in [5.41, 5.74) is 1.26. The number of ether oxygens (including phenoxy) is 2. The highest BCUT2D eigenvalue weighted by molar-refractivity contribution is 6.21. The Bertz CT molecular complexity index is 1380. The molecule has 11 heteroatoms. The van der Waals surface area contributed by atoms with E-state index in [0.717, 1.165) is 4.90 Å². The molecule has 2 aromatic rings. The van der Waals surface area contributed by atoms with Crippen LogP contribution in [0.1, 0.15) is 52.5 Å². The number of amides is 3. The maximum atomic E-state index is 12.9. The number of allylic oxidation sites excluding steroid dienone is 3. The van der Waals surface area contributed by atoms with Crippen molar-refractivity contribution < 1.29 is 33.6 Å². The lowest BCUT2D eigenvalue weighted by Crippen LogP contribution is -2.33. The van der Waals surface area contributed by atoms with Crippen molar-refractivity contribution in [1.29, 1.82) is 0 Å². The van der Waals surface area contributed by atoms with Crippen LogP contribution in [-0.4, -0.2) is 59.2 Å². The van der Waals surface area contributed by atoms with Crippen LogP contribution >= 0.6 is 0 Å². The molecular formula is C27H25N3O8. The summed E-state index contributed by atoms with van der Waals surface area (Å²) in [4.78, 5) is 63.8. The first-order valence-electron chi connectivity index (χ1n) is 11.8. The van der Waals surface area contributed by atoms with Gasteiger partial charge in [-0.2, -0.15) is 0 Å². The molecule has 2 aliphatic rings. The van der Waals surface area contributed by atoms with Crippen LogP contribution in [-0.2, 0) is 19.1 Å². The molecule has 2 aromatic carbocycles. The maximum Gasteiger partial charge on any atom is 0.336 e. The Balaban J connectivity index is 1.64. The van der Waals surface area contributed by atoms with Crippen molar-refractivity contribution in [1.82, 2.24) is 9.80 Å². The first kappa shape index (κ1) is 26.3. The van der Waals surface area contributed by atoms with Crippen molar-refractivity contribution in [2.75, 3.05) is 20.3 Å². The van der Waals surface area contributed by atoms with Gasteiger partial charge in [0.05, 0.1) is 47.0 Å². The Hall–Kier alpha value is -4.80. The Morgan fingerprint density at radius 3 is 2.21 bits per heavy atom. The topological polar surface area (TPSA) is 136 Å². The van der Waals surface area contributed by atoms with Crippen LogP contribution in [0.25, 0.3) is 0 Å². The Morgan fingerprint density at radius 2 is 1.63 bits per heavy atom. The molecule has 3 amide bonds. The zero-order valence-corrected chi connectivity index (χ0v) is 21.0. The highest BCUT2D eigenvalue weighted by Crippen LogP contribution is 2.45. The van der Waals surface area contributed by atoms with Crippen molar-refractivity contribution in [3.05, 3.63) is 98.1 Å². The van der Waals surface area contributed by atoms with E-state index in [1.807, 2.05) is 0 Å². The molecule has 2 aliphatic heterocycles. The molecule has 0 aliphatic carbocycles. The molecule has 0 spiro atoms. The Labute approximate surface area is 218 Å². The van der Waals surface area contributed by atoms with Gasteiger partial charge in [-0.05, 0) is 32.4 Å². The predicted octanol–water partition coefficient (Wildman–Crippen LogP) is 3.53. The molecule has 0 saturated heterocycles. The number of nitro groups is 1. The third-order valence-corrected chi connectivity index (χ3v) is 6.64. The molecule has 0 fully saturated rings. The Kier molecular flexibility index (Phi) is 7.38. The number of nitro benzene ring substituents is 1. The van der Waals surface area contributed by atoms with Crippen LogP contribution in [0.5, 0.6) is 0 Å². The lowest BCUT2D eigenvalue weighted by molar-refractivity contribution is -0.385. The highest BCUT2D eigenvalue weighted by atomic mass is 16.6. The van der Waals surface area contributed by atoms with Crippen molar-refractivity contribution in [3.63, 3.8) is 0 Å². The SMILES string of the molecule is COC(=O)C1=C(C)N(C=O)C(C)=C(OCCCN2C(=O)c3ccccc3C2=O)C1c1ccccc1[N+](=O)[O-]. The third-order valence-electron chi connectivity index (χ3n) is 6.64. The summed E-state index contributed by atoms with van der Waals surface area (Å²) in [6.45, 7) is 3.22. The normalized spacial score (nSPS) is 17.1. The number of carbonyl (C=O) groups excluding carboxylic acids is 4. The number of carbonyl (C=O) groups is 4. The smallest absolute Gasteiger partial charge is 0.336 e. The van der Waals surface area contributed by atoms with Crippen LogP contribution in [0.2, 0.25) is 0 Å². The lowest BCUT2D eigenvalue weighted by atomic mass is 9.83. The monoisotopic (exact) mass is 519 g/mol. The van der Waals surface area contributed by atoms with Crippen LogP contribution in [0, 0.1) is 10.1 Å². The zero-order chi connectivity index (χ0) is 27.6. The number of nitrogens with zero attached hydrogens (tertiary/aromatic N) is 3. The number of hydrogen-bond donors (Lipinski definition) is 0. The molecule has 196 valence electrons. The average Bonchev–Trinajstić information content (AvgIpc) is 3.16. The molecule has 0 saturated carbocycles. The van der Waals surface area contributed by atoms with Gasteiger partial charge in [0, 0.05) is 23.9 Å². The number of methoxy groups -OCH3 is 1. The van der Waals surface area contributed by atoms with Gasteiger partial charge in [0.1, 0.15) is 5.76 Å². The molecule has 1 atom stereocenters. The zero-order valence-electron chi connectivity index (χ0n) is 21.0. The van der Waals surface area contributed by atoms with E-state index in [4.69, 9.17) is 9.47 Å². The second-order valence-corrected chi connectivity index (χ2v) is 8.67. The quantitative estimate of drug-likeness (QED) is 0.123. The van der Waals surface area contributed by atoms with Crippen LogP contribution in [0.3, 0.4) is 0 Å². The van der Waals surface area contributed by atoms with Crippen molar-refractivity contribution in [3.8, 4) is 0 Å². The standard InChI is InChI=1S/C27H25N3O8/c1-16-22(27(34)37-3)23(20-11-6-7-12-21(20)30(35)36)24(17(2)29(16)15-31)38-14-8-13-28-25(32)18-9-4-5-10-19(18)26(28)33/h4-7,9-12,15,23H,8,13-14H2,1-3H3. The average molecular weight is 520 g/mol. The van der Waals surface area contributed by atoms with Gasteiger partial charge >= 0.3 is 5.97 Å². The van der Waals surface area contributed by atoms with E-state index >= 15 is 0 Å². The van der Waals surface area contributed by atoms with E-state index in [1.54, 1.807) is 44.2 Å². The predicted molar refractivity (Wildman–Crippen MR) is 134 cm³/mol. The van der Waals surface area contributed by atoms with Gasteiger partial charge in [0.15, 0.2) is 0 Å². The number of para-hydroxylation sites is 1. The van der Waals surface area contributed by atoms with Crippen molar-refractivity contribution >= 4 is 29.9 Å². The number of rotatable bonds is 9. The van der Waals surface area contributed by atoms with E-state index in [2.05, 4.69) is 0 Å². The number of hydrogen-bond acceptors (Lipinski definition) is 8. The summed E-state index contributed by atoms with van der Waals surface area (Å²) in [6.07, 6.45) is 0.759. The first-order chi connectivity index (χ1) is 18.2. The Morgan fingerprint density at radius 1 is 1.03 bits per heavy atom. The van der Waals surface area contributed by atoms with E-state index in [-0.39, 0.29) is 47.9 Å². The van der Waals surface area contributed by atoms with Gasteiger partial charge in [-0.3, -0.25) is 34.3 Å². The second kappa shape index (κ2) is 10.7. The number of imide groups is 1. The fourth-order valence-corrected chi connectivity index (χ4v) is 4.81. The van der Waals surface area contributed by atoms with Gasteiger partial charge in [0.2, 0.25) is 6.41 Å². The fourth-order valence-electron chi connectivity index (χ4n) is 4.81. The number of benzene rings is 2. The fraction of sp³-hybridized carbons (Fsp3) is 0.259. The summed E-state index contributed by atoms with van der Waals surface area (Å²) >= 11 is 0. The molecule has 4 rings (SSSR count). The summed E-state index contributed by atoms with van der Waals surface area (Å²) in [5.74, 6) is -2.43.